The number of phenols is 1. The Balaban J connectivity index is 1.44. The molecule has 1 amide bonds. The molecule has 1 atom stereocenters. The average molecular weight is 432 g/mol. The summed E-state index contributed by atoms with van der Waals surface area (Å²) in [7, 11) is 0. The van der Waals surface area contributed by atoms with Crippen molar-refractivity contribution in [2.75, 3.05) is 26.2 Å². The molecule has 2 aromatic carbocycles. The van der Waals surface area contributed by atoms with Crippen LogP contribution in [0.5, 0.6) is 5.75 Å². The molecule has 3 aromatic rings. The lowest BCUT2D eigenvalue weighted by Crippen LogP contribution is -2.39. The first-order valence-corrected chi connectivity index (χ1v) is 11.0. The van der Waals surface area contributed by atoms with E-state index in [1.165, 1.54) is 5.56 Å². The molecule has 1 aliphatic heterocycles. The molecule has 0 saturated carbocycles. The second-order valence-corrected chi connectivity index (χ2v) is 8.20. The Kier molecular flexibility index (Phi) is 7.48. The fourth-order valence-electron chi connectivity index (χ4n) is 3.95. The van der Waals surface area contributed by atoms with E-state index in [0.29, 0.717) is 39.3 Å². The highest BCUT2D eigenvalue weighted by atomic mass is 16.5. The summed E-state index contributed by atoms with van der Waals surface area (Å²) in [5.74, 6) is 0.362. The first-order chi connectivity index (χ1) is 15.7. The number of aromatic hydroxyl groups is 1. The van der Waals surface area contributed by atoms with Crippen molar-refractivity contribution < 1.29 is 14.6 Å². The molecule has 1 aliphatic rings. The topological polar surface area (TPSA) is 65.9 Å². The fourth-order valence-corrected chi connectivity index (χ4v) is 3.95. The van der Waals surface area contributed by atoms with Gasteiger partial charge in [-0.2, -0.15) is 0 Å². The van der Waals surface area contributed by atoms with Gasteiger partial charge in [0.05, 0.1) is 19.3 Å². The van der Waals surface area contributed by atoms with Crippen molar-refractivity contribution in [2.45, 2.75) is 25.7 Å². The van der Waals surface area contributed by atoms with Crippen LogP contribution in [-0.2, 0) is 29.1 Å². The van der Waals surface area contributed by atoms with E-state index in [-0.39, 0.29) is 17.8 Å². The molecule has 6 heteroatoms. The summed E-state index contributed by atoms with van der Waals surface area (Å²) in [5.41, 5.74) is 3.34. The SMILES string of the molecule is O=C1CN(Cc2ccc(O)cc2)C[C@@H](OCc2ccncc2)CN1CCc1ccccc1. The van der Waals surface area contributed by atoms with Crippen molar-refractivity contribution in [1.29, 1.82) is 0 Å². The minimum atomic E-state index is -0.0949. The number of hydrogen-bond acceptors (Lipinski definition) is 5. The van der Waals surface area contributed by atoms with Crippen LogP contribution in [0.1, 0.15) is 16.7 Å². The van der Waals surface area contributed by atoms with E-state index in [9.17, 15) is 9.90 Å². The fraction of sp³-hybridized carbons (Fsp3) is 0.308. The van der Waals surface area contributed by atoms with E-state index in [2.05, 4.69) is 22.0 Å². The van der Waals surface area contributed by atoms with Crippen LogP contribution in [0.2, 0.25) is 0 Å². The number of nitrogens with zero attached hydrogens (tertiary/aromatic N) is 3. The van der Waals surface area contributed by atoms with Gasteiger partial charge in [-0.05, 0) is 47.4 Å². The van der Waals surface area contributed by atoms with Crippen LogP contribution in [0.4, 0.5) is 0 Å². The highest BCUT2D eigenvalue weighted by molar-refractivity contribution is 5.78. The maximum atomic E-state index is 13.1. The number of rotatable bonds is 8. The van der Waals surface area contributed by atoms with Crippen LogP contribution in [0, 0.1) is 0 Å². The molecule has 2 heterocycles. The molecule has 32 heavy (non-hydrogen) atoms. The van der Waals surface area contributed by atoms with Crippen LogP contribution < -0.4 is 0 Å². The van der Waals surface area contributed by atoms with E-state index < -0.39 is 0 Å². The second kappa shape index (κ2) is 10.9. The molecule has 0 bridgehead atoms. The van der Waals surface area contributed by atoms with Gasteiger partial charge in [-0.15, -0.1) is 0 Å². The summed E-state index contributed by atoms with van der Waals surface area (Å²) in [6, 6.07) is 21.3. The minimum Gasteiger partial charge on any atom is -0.508 e. The number of phenolic OH excluding ortho intramolecular Hbond substituents is 1. The third-order valence-corrected chi connectivity index (χ3v) is 5.69. The van der Waals surface area contributed by atoms with E-state index in [1.54, 1.807) is 24.5 Å². The first kappa shape index (κ1) is 22.0. The zero-order valence-electron chi connectivity index (χ0n) is 18.1. The molecule has 166 valence electrons. The van der Waals surface area contributed by atoms with Crippen LogP contribution in [-0.4, -0.2) is 58.1 Å². The van der Waals surface area contributed by atoms with E-state index in [0.717, 1.165) is 17.5 Å². The number of hydrogen-bond donors (Lipinski definition) is 1. The number of pyridine rings is 1. The zero-order chi connectivity index (χ0) is 22.2. The summed E-state index contributed by atoms with van der Waals surface area (Å²) >= 11 is 0. The Morgan fingerprint density at radius 2 is 1.66 bits per heavy atom. The normalized spacial score (nSPS) is 17.3. The van der Waals surface area contributed by atoms with Gasteiger partial charge < -0.3 is 14.7 Å². The Morgan fingerprint density at radius 3 is 2.41 bits per heavy atom. The molecule has 0 aliphatic carbocycles. The largest absolute Gasteiger partial charge is 0.508 e. The van der Waals surface area contributed by atoms with Gasteiger partial charge in [0.25, 0.3) is 0 Å². The molecule has 6 nitrogen and oxygen atoms in total. The van der Waals surface area contributed by atoms with Gasteiger partial charge in [0, 0.05) is 38.6 Å². The number of ether oxygens (including phenoxy) is 1. The van der Waals surface area contributed by atoms with Crippen molar-refractivity contribution in [1.82, 2.24) is 14.8 Å². The lowest BCUT2D eigenvalue weighted by Gasteiger charge is -2.25. The highest BCUT2D eigenvalue weighted by Crippen LogP contribution is 2.16. The predicted octanol–water partition coefficient (Wildman–Crippen LogP) is 3.26. The Hall–Kier alpha value is -3.22. The standard InChI is InChI=1S/C26H29N3O3/c30-24-8-6-22(7-9-24)16-28-17-25(32-20-23-10-13-27-14-11-23)18-29(26(31)19-28)15-12-21-4-2-1-3-5-21/h1-11,13-14,25,30H,12,15-20H2/t25-/m1/s1. The van der Waals surface area contributed by atoms with Crippen molar-refractivity contribution in [2.24, 2.45) is 0 Å². The summed E-state index contributed by atoms with van der Waals surface area (Å²) in [4.78, 5) is 21.2. The van der Waals surface area contributed by atoms with Gasteiger partial charge in [-0.1, -0.05) is 42.5 Å². The van der Waals surface area contributed by atoms with E-state index in [1.807, 2.05) is 47.4 Å². The molecular formula is C26H29N3O3. The molecule has 0 spiro atoms. The molecule has 1 fully saturated rings. The minimum absolute atomic E-state index is 0.0949. The van der Waals surface area contributed by atoms with Crippen LogP contribution in [0.25, 0.3) is 0 Å². The van der Waals surface area contributed by atoms with Gasteiger partial charge in [-0.25, -0.2) is 0 Å². The predicted molar refractivity (Wildman–Crippen MR) is 123 cm³/mol. The smallest absolute Gasteiger partial charge is 0.236 e. The number of benzene rings is 2. The zero-order valence-corrected chi connectivity index (χ0v) is 18.1. The number of aromatic nitrogens is 1. The van der Waals surface area contributed by atoms with Crippen LogP contribution in [0.3, 0.4) is 0 Å². The van der Waals surface area contributed by atoms with Gasteiger partial charge in [0.1, 0.15) is 5.75 Å². The third kappa shape index (κ3) is 6.39. The number of carbonyl (C=O) groups excluding carboxylic acids is 1. The number of carbonyl (C=O) groups is 1. The summed E-state index contributed by atoms with van der Waals surface area (Å²) in [6.07, 6.45) is 4.25. The molecule has 1 saturated heterocycles. The lowest BCUT2D eigenvalue weighted by molar-refractivity contribution is -0.131. The van der Waals surface area contributed by atoms with Crippen LogP contribution in [0.15, 0.2) is 79.1 Å². The van der Waals surface area contributed by atoms with Gasteiger partial charge in [-0.3, -0.25) is 14.7 Å². The summed E-state index contributed by atoms with van der Waals surface area (Å²) in [6.45, 7) is 3.38. The van der Waals surface area contributed by atoms with E-state index >= 15 is 0 Å². The maximum Gasteiger partial charge on any atom is 0.236 e. The lowest BCUT2D eigenvalue weighted by atomic mass is 10.1. The number of amides is 1. The molecule has 0 radical (unpaired) electrons. The summed E-state index contributed by atoms with van der Waals surface area (Å²) in [5, 5.41) is 9.56. The summed E-state index contributed by atoms with van der Waals surface area (Å²) < 4.78 is 6.26. The van der Waals surface area contributed by atoms with Gasteiger partial charge >= 0.3 is 0 Å². The van der Waals surface area contributed by atoms with Gasteiger partial charge in [0.2, 0.25) is 5.91 Å². The van der Waals surface area contributed by atoms with Crippen molar-refractivity contribution >= 4 is 5.91 Å². The van der Waals surface area contributed by atoms with Crippen molar-refractivity contribution in [3.8, 4) is 5.75 Å². The Bertz CT molecular complexity index is 980. The Labute approximate surface area is 189 Å². The van der Waals surface area contributed by atoms with E-state index in [4.69, 9.17) is 4.74 Å². The second-order valence-electron chi connectivity index (χ2n) is 8.20. The molecular weight excluding hydrogens is 402 g/mol. The molecule has 1 N–H and O–H groups in total. The molecule has 0 unspecified atom stereocenters. The quantitative estimate of drug-likeness (QED) is 0.593. The average Bonchev–Trinajstić information content (AvgIpc) is 2.97. The van der Waals surface area contributed by atoms with Crippen molar-refractivity contribution in [3.05, 3.63) is 95.8 Å². The molecule has 1 aromatic heterocycles. The first-order valence-electron chi connectivity index (χ1n) is 11.0. The van der Waals surface area contributed by atoms with Crippen LogP contribution >= 0.6 is 0 Å². The molecule has 4 rings (SSSR count). The third-order valence-electron chi connectivity index (χ3n) is 5.69. The monoisotopic (exact) mass is 431 g/mol. The highest BCUT2D eigenvalue weighted by Gasteiger charge is 2.28. The maximum absolute atomic E-state index is 13.1. The Morgan fingerprint density at radius 1 is 0.906 bits per heavy atom. The van der Waals surface area contributed by atoms with Crippen molar-refractivity contribution in [3.63, 3.8) is 0 Å². The van der Waals surface area contributed by atoms with Gasteiger partial charge in [0.15, 0.2) is 0 Å².